The van der Waals surface area contributed by atoms with Gasteiger partial charge in [-0.05, 0) is 36.6 Å². The number of pyridine rings is 1. The molecule has 1 aromatic carbocycles. The van der Waals surface area contributed by atoms with Gasteiger partial charge in [-0.1, -0.05) is 36.6 Å². The summed E-state index contributed by atoms with van der Waals surface area (Å²) in [6, 6.07) is 9.21. The number of hydrogen-bond donors (Lipinski definition) is 1. The Hall–Kier alpha value is -2.60. The Kier molecular flexibility index (Phi) is 4.99. The Morgan fingerprint density at radius 3 is 2.74 bits per heavy atom. The zero-order valence-corrected chi connectivity index (χ0v) is 15.5. The number of fused-ring (bicyclic) bond motifs is 1. The lowest BCUT2D eigenvalue weighted by Crippen LogP contribution is -2.39. The fourth-order valence-electron chi connectivity index (χ4n) is 3.50. The van der Waals surface area contributed by atoms with Crippen LogP contribution < -0.4 is 15.0 Å². The van der Waals surface area contributed by atoms with Crippen molar-refractivity contribution in [3.8, 4) is 5.88 Å². The number of carbonyl (C=O) groups is 2. The zero-order chi connectivity index (χ0) is 18.8. The van der Waals surface area contributed by atoms with E-state index >= 15 is 0 Å². The number of ether oxygens (including phenoxy) is 1. The molecule has 1 aromatic heterocycles. The molecule has 1 saturated carbocycles. The lowest BCUT2D eigenvalue weighted by molar-refractivity contribution is -0.121. The summed E-state index contributed by atoms with van der Waals surface area (Å²) in [6.45, 7) is 0.295. The van der Waals surface area contributed by atoms with Crippen LogP contribution >= 0.6 is 11.6 Å². The fraction of sp³-hybridized carbons (Fsp3) is 0.350. The van der Waals surface area contributed by atoms with Crippen molar-refractivity contribution in [1.29, 1.82) is 0 Å². The van der Waals surface area contributed by atoms with E-state index in [0.29, 0.717) is 28.7 Å². The summed E-state index contributed by atoms with van der Waals surface area (Å²) in [7, 11) is 0. The Bertz CT molecular complexity index is 863. The molecule has 1 aliphatic carbocycles. The lowest BCUT2D eigenvalue weighted by Gasteiger charge is -2.29. The first-order valence-corrected chi connectivity index (χ1v) is 9.46. The van der Waals surface area contributed by atoms with Crippen LogP contribution in [0.25, 0.3) is 0 Å². The fourth-order valence-corrected chi connectivity index (χ4v) is 3.62. The highest BCUT2D eigenvalue weighted by Crippen LogP contribution is 2.32. The van der Waals surface area contributed by atoms with E-state index in [4.69, 9.17) is 16.3 Å². The quantitative estimate of drug-likeness (QED) is 0.876. The maximum Gasteiger partial charge on any atom is 0.265 e. The molecule has 1 fully saturated rings. The van der Waals surface area contributed by atoms with Gasteiger partial charge in [0, 0.05) is 17.3 Å². The summed E-state index contributed by atoms with van der Waals surface area (Å²) >= 11 is 5.93. The number of amides is 2. The van der Waals surface area contributed by atoms with Crippen LogP contribution in [0, 0.1) is 0 Å². The van der Waals surface area contributed by atoms with E-state index in [1.54, 1.807) is 23.1 Å². The summed E-state index contributed by atoms with van der Waals surface area (Å²) < 4.78 is 5.44. The molecular weight excluding hydrogens is 366 g/mol. The summed E-state index contributed by atoms with van der Waals surface area (Å²) in [5.74, 6) is 0.0234. The Labute approximate surface area is 162 Å². The van der Waals surface area contributed by atoms with Gasteiger partial charge in [0.1, 0.15) is 5.69 Å². The van der Waals surface area contributed by atoms with E-state index in [1.807, 2.05) is 12.1 Å². The number of carbonyl (C=O) groups excluding carboxylic acids is 2. The molecular formula is C20H20ClN3O3. The smallest absolute Gasteiger partial charge is 0.265 e. The normalized spacial score (nSPS) is 16.8. The summed E-state index contributed by atoms with van der Waals surface area (Å²) in [6.07, 6.45) is 5.80. The number of aromatic nitrogens is 1. The average Bonchev–Trinajstić information content (AvgIpc) is 3.18. The van der Waals surface area contributed by atoms with Crippen LogP contribution in [0.2, 0.25) is 5.02 Å². The number of halogens is 1. The van der Waals surface area contributed by atoms with Gasteiger partial charge in [-0.15, -0.1) is 0 Å². The van der Waals surface area contributed by atoms with Crippen molar-refractivity contribution in [3.63, 3.8) is 0 Å². The molecule has 7 heteroatoms. The van der Waals surface area contributed by atoms with Gasteiger partial charge in [0.2, 0.25) is 5.88 Å². The van der Waals surface area contributed by atoms with E-state index in [9.17, 15) is 9.59 Å². The Balaban J connectivity index is 1.58. The Morgan fingerprint density at radius 1 is 1.26 bits per heavy atom. The van der Waals surface area contributed by atoms with E-state index in [0.717, 1.165) is 31.2 Å². The number of nitrogens with zero attached hydrogens (tertiary/aromatic N) is 2. The maximum absolute atomic E-state index is 12.6. The van der Waals surface area contributed by atoms with Gasteiger partial charge in [-0.25, -0.2) is 4.98 Å². The molecule has 4 rings (SSSR count). The molecule has 140 valence electrons. The molecule has 0 radical (unpaired) electrons. The van der Waals surface area contributed by atoms with Crippen molar-refractivity contribution in [1.82, 2.24) is 10.3 Å². The second-order valence-electron chi connectivity index (χ2n) is 6.90. The van der Waals surface area contributed by atoms with Gasteiger partial charge < -0.3 is 15.0 Å². The van der Waals surface area contributed by atoms with Crippen molar-refractivity contribution in [3.05, 3.63) is 52.7 Å². The lowest BCUT2D eigenvalue weighted by atomic mass is 10.1. The predicted molar refractivity (Wildman–Crippen MR) is 102 cm³/mol. The van der Waals surface area contributed by atoms with Gasteiger partial charge in [0.15, 0.2) is 6.61 Å². The molecule has 1 aliphatic heterocycles. The third-order valence-corrected chi connectivity index (χ3v) is 5.21. The maximum atomic E-state index is 12.6. The predicted octanol–water partition coefficient (Wildman–Crippen LogP) is 3.33. The van der Waals surface area contributed by atoms with E-state index in [-0.39, 0.29) is 24.5 Å². The zero-order valence-electron chi connectivity index (χ0n) is 14.8. The molecule has 0 saturated heterocycles. The summed E-state index contributed by atoms with van der Waals surface area (Å²) in [5.41, 5.74) is 1.88. The highest BCUT2D eigenvalue weighted by molar-refractivity contribution is 6.30. The number of benzene rings is 1. The minimum absolute atomic E-state index is 0.0682. The monoisotopic (exact) mass is 385 g/mol. The van der Waals surface area contributed by atoms with E-state index in [2.05, 4.69) is 10.3 Å². The van der Waals surface area contributed by atoms with Crippen LogP contribution in [-0.4, -0.2) is 29.4 Å². The second-order valence-corrected chi connectivity index (χ2v) is 7.33. The second kappa shape index (κ2) is 7.56. The third kappa shape index (κ3) is 3.90. The van der Waals surface area contributed by atoms with Gasteiger partial charge in [-0.2, -0.15) is 0 Å². The van der Waals surface area contributed by atoms with Crippen molar-refractivity contribution >= 4 is 29.1 Å². The average molecular weight is 386 g/mol. The number of nitrogens with one attached hydrogen (secondary N) is 1. The first-order chi connectivity index (χ1) is 13.1. The molecule has 0 bridgehead atoms. The molecule has 6 nitrogen and oxygen atoms in total. The number of hydrogen-bond acceptors (Lipinski definition) is 4. The SMILES string of the molecule is O=C(NC1CCCC1)c1cnc2c(c1)N(Cc1ccc(Cl)cc1)C(=O)CO2. The number of anilines is 1. The van der Waals surface area contributed by atoms with Crippen LogP contribution in [0.15, 0.2) is 36.5 Å². The van der Waals surface area contributed by atoms with Crippen LogP contribution in [0.3, 0.4) is 0 Å². The molecule has 0 unspecified atom stereocenters. The highest BCUT2D eigenvalue weighted by Gasteiger charge is 2.28. The minimum atomic E-state index is -0.174. The van der Waals surface area contributed by atoms with Crippen LogP contribution in [0.1, 0.15) is 41.6 Å². The molecule has 1 N–H and O–H groups in total. The molecule has 2 heterocycles. The van der Waals surface area contributed by atoms with Crippen LogP contribution in [0.5, 0.6) is 5.88 Å². The number of rotatable bonds is 4. The molecule has 2 amide bonds. The topological polar surface area (TPSA) is 71.5 Å². The molecule has 0 spiro atoms. The first-order valence-electron chi connectivity index (χ1n) is 9.08. The highest BCUT2D eigenvalue weighted by atomic mass is 35.5. The van der Waals surface area contributed by atoms with Crippen molar-refractivity contribution in [2.75, 3.05) is 11.5 Å². The van der Waals surface area contributed by atoms with Gasteiger partial charge in [0.25, 0.3) is 11.8 Å². The van der Waals surface area contributed by atoms with Crippen LogP contribution in [0.4, 0.5) is 5.69 Å². The van der Waals surface area contributed by atoms with E-state index < -0.39 is 0 Å². The summed E-state index contributed by atoms with van der Waals surface area (Å²) in [5, 5.41) is 3.68. The third-order valence-electron chi connectivity index (χ3n) is 4.96. The summed E-state index contributed by atoms with van der Waals surface area (Å²) in [4.78, 5) is 30.9. The molecule has 27 heavy (non-hydrogen) atoms. The standard InChI is InChI=1S/C20H20ClN3O3/c21-15-7-5-13(6-8-15)11-24-17-9-14(10-22-20(17)27-12-18(24)25)19(26)23-16-3-1-2-4-16/h5-10,16H,1-4,11-12H2,(H,23,26). The van der Waals surface area contributed by atoms with Crippen molar-refractivity contribution < 1.29 is 14.3 Å². The van der Waals surface area contributed by atoms with Crippen LogP contribution in [-0.2, 0) is 11.3 Å². The molecule has 2 aromatic rings. The van der Waals surface area contributed by atoms with Gasteiger partial charge in [0.05, 0.1) is 12.1 Å². The molecule has 0 atom stereocenters. The minimum Gasteiger partial charge on any atom is -0.466 e. The largest absolute Gasteiger partial charge is 0.466 e. The molecule has 2 aliphatic rings. The van der Waals surface area contributed by atoms with Crippen molar-refractivity contribution in [2.45, 2.75) is 38.3 Å². The Morgan fingerprint density at radius 2 is 2.00 bits per heavy atom. The van der Waals surface area contributed by atoms with E-state index in [1.165, 1.54) is 6.20 Å². The van der Waals surface area contributed by atoms with Gasteiger partial charge in [-0.3, -0.25) is 9.59 Å². The first kappa shape index (κ1) is 17.8. The van der Waals surface area contributed by atoms with Gasteiger partial charge >= 0.3 is 0 Å². The van der Waals surface area contributed by atoms with Crippen molar-refractivity contribution in [2.24, 2.45) is 0 Å².